The molecule has 2 aromatic carbocycles. The molecule has 5 rings (SSSR count). The lowest BCUT2D eigenvalue weighted by Crippen LogP contribution is -2.30. The Morgan fingerprint density at radius 3 is 2.45 bits per heavy atom. The van der Waals surface area contributed by atoms with Gasteiger partial charge < -0.3 is 14.8 Å². The van der Waals surface area contributed by atoms with Crippen LogP contribution in [0.1, 0.15) is 82.8 Å². The number of hydrogen-bond acceptors (Lipinski definition) is 8. The van der Waals surface area contributed by atoms with Crippen molar-refractivity contribution < 1.29 is 33.4 Å². The monoisotopic (exact) mass is 560 g/mol. The van der Waals surface area contributed by atoms with E-state index in [0.717, 1.165) is 52.2 Å². The number of rotatable bonds is 7. The second-order valence-electron chi connectivity index (χ2n) is 9.76. The van der Waals surface area contributed by atoms with E-state index in [1.165, 1.54) is 29.5 Å². The minimum Gasteiger partial charge on any atom is -0.462 e. The van der Waals surface area contributed by atoms with Crippen molar-refractivity contribution in [3.8, 4) is 0 Å². The SMILES string of the molecule is CCOC(=O)c1c(NC(=O)COC(=O)c2ccc3c(c2)C(=O)N(c2cc(C)ccc2C)C3=O)sc2c1CCCC2. The van der Waals surface area contributed by atoms with Crippen molar-refractivity contribution in [1.82, 2.24) is 0 Å². The van der Waals surface area contributed by atoms with Crippen LogP contribution in [-0.2, 0) is 27.1 Å². The van der Waals surface area contributed by atoms with Crippen LogP contribution in [0.15, 0.2) is 36.4 Å². The molecule has 0 atom stereocenters. The zero-order valence-electron chi connectivity index (χ0n) is 22.4. The van der Waals surface area contributed by atoms with Crippen LogP contribution >= 0.6 is 11.3 Å². The fourth-order valence-corrected chi connectivity index (χ4v) is 6.29. The summed E-state index contributed by atoms with van der Waals surface area (Å²) in [6.07, 6.45) is 3.54. The standard InChI is InChI=1S/C30H28N2O7S/c1-4-38-30(37)25-20-7-5-6-8-23(20)40-26(25)31-24(33)15-39-29(36)18-11-12-19-21(14-18)28(35)32(27(19)34)22-13-16(2)9-10-17(22)3/h9-14H,4-8,15H2,1-3H3,(H,31,33). The summed E-state index contributed by atoms with van der Waals surface area (Å²) in [7, 11) is 0. The zero-order valence-corrected chi connectivity index (χ0v) is 23.2. The quantitative estimate of drug-likeness (QED) is 0.318. The number of thiophene rings is 1. The predicted molar refractivity (Wildman–Crippen MR) is 149 cm³/mol. The number of fused-ring (bicyclic) bond motifs is 2. The maximum Gasteiger partial charge on any atom is 0.341 e. The largest absolute Gasteiger partial charge is 0.462 e. The van der Waals surface area contributed by atoms with Crippen LogP contribution in [-0.4, -0.2) is 42.9 Å². The number of carbonyl (C=O) groups excluding carboxylic acids is 5. The van der Waals surface area contributed by atoms with Gasteiger partial charge in [0.25, 0.3) is 17.7 Å². The van der Waals surface area contributed by atoms with Crippen molar-refractivity contribution in [2.75, 3.05) is 23.4 Å². The third kappa shape index (κ3) is 5.02. The van der Waals surface area contributed by atoms with Gasteiger partial charge in [0.15, 0.2) is 6.61 Å². The summed E-state index contributed by atoms with van der Waals surface area (Å²) in [6, 6.07) is 9.62. The van der Waals surface area contributed by atoms with E-state index in [-0.39, 0.29) is 23.3 Å². The number of amides is 3. The maximum atomic E-state index is 13.2. The van der Waals surface area contributed by atoms with Gasteiger partial charge in [-0.3, -0.25) is 14.4 Å². The molecule has 3 aromatic rings. The fourth-order valence-electron chi connectivity index (χ4n) is 5.00. The number of aryl methyl sites for hydroxylation is 3. The third-order valence-corrected chi connectivity index (χ3v) is 8.17. The van der Waals surface area contributed by atoms with Crippen molar-refractivity contribution in [3.63, 3.8) is 0 Å². The molecule has 0 unspecified atom stereocenters. The number of nitrogens with one attached hydrogen (secondary N) is 1. The molecule has 3 amide bonds. The van der Waals surface area contributed by atoms with Gasteiger partial charge in [-0.2, -0.15) is 0 Å². The fraction of sp³-hybridized carbons (Fsp3) is 0.300. The highest BCUT2D eigenvalue weighted by molar-refractivity contribution is 7.17. The number of benzene rings is 2. The van der Waals surface area contributed by atoms with Crippen LogP contribution in [0.2, 0.25) is 0 Å². The number of ether oxygens (including phenoxy) is 2. The molecule has 0 saturated heterocycles. The summed E-state index contributed by atoms with van der Waals surface area (Å²) in [4.78, 5) is 66.5. The predicted octanol–water partition coefficient (Wildman–Crippen LogP) is 5.02. The summed E-state index contributed by atoms with van der Waals surface area (Å²) in [5.74, 6) is -2.91. The smallest absolute Gasteiger partial charge is 0.341 e. The summed E-state index contributed by atoms with van der Waals surface area (Å²) in [6.45, 7) is 5.02. The average molecular weight is 561 g/mol. The first-order valence-corrected chi connectivity index (χ1v) is 13.9. The van der Waals surface area contributed by atoms with E-state index in [2.05, 4.69) is 5.32 Å². The van der Waals surface area contributed by atoms with Gasteiger partial charge in [-0.05, 0) is 87.4 Å². The van der Waals surface area contributed by atoms with E-state index < -0.39 is 36.3 Å². The first kappa shape index (κ1) is 27.3. The molecular weight excluding hydrogens is 532 g/mol. The number of nitrogens with zero attached hydrogens (tertiary/aromatic N) is 1. The highest BCUT2D eigenvalue weighted by Gasteiger charge is 2.38. The normalized spacial score (nSPS) is 14.0. The Hall–Kier alpha value is -4.31. The molecule has 0 bridgehead atoms. The molecule has 2 aliphatic rings. The molecule has 0 saturated carbocycles. The Balaban J connectivity index is 1.28. The number of imide groups is 1. The van der Waals surface area contributed by atoms with Crippen LogP contribution in [0.3, 0.4) is 0 Å². The van der Waals surface area contributed by atoms with Crippen molar-refractivity contribution in [3.05, 3.63) is 80.2 Å². The van der Waals surface area contributed by atoms with Gasteiger partial charge in [0.2, 0.25) is 0 Å². The molecule has 1 N–H and O–H groups in total. The Morgan fingerprint density at radius 1 is 0.925 bits per heavy atom. The zero-order chi connectivity index (χ0) is 28.6. The first-order chi connectivity index (χ1) is 19.2. The van der Waals surface area contributed by atoms with Gasteiger partial charge in [0.05, 0.1) is 34.5 Å². The minimum absolute atomic E-state index is 0.0364. The van der Waals surface area contributed by atoms with E-state index >= 15 is 0 Å². The van der Waals surface area contributed by atoms with Crippen molar-refractivity contribution >= 4 is 51.7 Å². The minimum atomic E-state index is -0.820. The second-order valence-corrected chi connectivity index (χ2v) is 10.9. The Kier molecular flexibility index (Phi) is 7.53. The molecule has 2 heterocycles. The third-order valence-electron chi connectivity index (χ3n) is 6.97. The number of esters is 2. The number of anilines is 2. The lowest BCUT2D eigenvalue weighted by Gasteiger charge is -2.17. The molecule has 1 aliphatic heterocycles. The van der Waals surface area contributed by atoms with Crippen molar-refractivity contribution in [1.29, 1.82) is 0 Å². The summed E-state index contributed by atoms with van der Waals surface area (Å²) in [5, 5.41) is 3.09. The van der Waals surface area contributed by atoms with Gasteiger partial charge in [-0.25, -0.2) is 14.5 Å². The van der Waals surface area contributed by atoms with Crippen molar-refractivity contribution in [2.45, 2.75) is 46.5 Å². The van der Waals surface area contributed by atoms with Crippen LogP contribution in [0.25, 0.3) is 0 Å². The van der Waals surface area contributed by atoms with E-state index in [1.54, 1.807) is 13.0 Å². The molecule has 1 aromatic heterocycles. The van der Waals surface area contributed by atoms with Gasteiger partial charge in [-0.15, -0.1) is 11.3 Å². The molecular formula is C30H28N2O7S. The van der Waals surface area contributed by atoms with Gasteiger partial charge in [0, 0.05) is 4.88 Å². The summed E-state index contributed by atoms with van der Waals surface area (Å²) >= 11 is 1.34. The van der Waals surface area contributed by atoms with Gasteiger partial charge in [-0.1, -0.05) is 12.1 Å². The van der Waals surface area contributed by atoms with E-state index in [0.29, 0.717) is 16.3 Å². The second kappa shape index (κ2) is 11.1. The van der Waals surface area contributed by atoms with E-state index in [1.807, 2.05) is 26.0 Å². The lowest BCUT2D eigenvalue weighted by molar-refractivity contribution is -0.119. The summed E-state index contributed by atoms with van der Waals surface area (Å²) in [5.41, 5.74) is 3.76. The number of hydrogen-bond donors (Lipinski definition) is 1. The molecule has 0 fully saturated rings. The highest BCUT2D eigenvalue weighted by atomic mass is 32.1. The molecule has 206 valence electrons. The Labute approximate surface area is 235 Å². The van der Waals surface area contributed by atoms with Crippen LogP contribution in [0, 0.1) is 13.8 Å². The lowest BCUT2D eigenvalue weighted by atomic mass is 9.95. The van der Waals surface area contributed by atoms with E-state index in [9.17, 15) is 24.0 Å². The summed E-state index contributed by atoms with van der Waals surface area (Å²) < 4.78 is 10.4. The van der Waals surface area contributed by atoms with Gasteiger partial charge in [0.1, 0.15) is 5.00 Å². The highest BCUT2D eigenvalue weighted by Crippen LogP contribution is 2.38. The Morgan fingerprint density at radius 2 is 1.68 bits per heavy atom. The molecule has 9 nitrogen and oxygen atoms in total. The van der Waals surface area contributed by atoms with Crippen LogP contribution < -0.4 is 10.2 Å². The van der Waals surface area contributed by atoms with Gasteiger partial charge >= 0.3 is 11.9 Å². The molecule has 40 heavy (non-hydrogen) atoms. The van der Waals surface area contributed by atoms with Crippen molar-refractivity contribution in [2.24, 2.45) is 0 Å². The van der Waals surface area contributed by atoms with Crippen LogP contribution in [0.5, 0.6) is 0 Å². The molecule has 0 radical (unpaired) electrons. The topological polar surface area (TPSA) is 119 Å². The maximum absolute atomic E-state index is 13.2. The average Bonchev–Trinajstić information content (AvgIpc) is 3.42. The Bertz CT molecular complexity index is 1570. The first-order valence-electron chi connectivity index (χ1n) is 13.1. The molecule has 0 spiro atoms. The van der Waals surface area contributed by atoms with E-state index in [4.69, 9.17) is 9.47 Å². The van der Waals surface area contributed by atoms with Crippen LogP contribution in [0.4, 0.5) is 10.7 Å². The molecule has 1 aliphatic carbocycles. The number of carbonyl (C=O) groups is 5. The molecule has 10 heteroatoms.